The van der Waals surface area contributed by atoms with Crippen molar-refractivity contribution < 1.29 is 8.78 Å². The normalized spacial score (nSPS) is 18.9. The van der Waals surface area contributed by atoms with Crippen LogP contribution in [-0.2, 0) is 0 Å². The molecule has 1 aliphatic rings. The third-order valence-corrected chi connectivity index (χ3v) is 24.5. The summed E-state index contributed by atoms with van der Waals surface area (Å²) in [6.07, 6.45) is 4.05. The summed E-state index contributed by atoms with van der Waals surface area (Å²) in [5, 5.41) is -0.645. The molecule has 0 aromatic heterocycles. The van der Waals surface area contributed by atoms with Gasteiger partial charge >= 0.3 is 0 Å². The second-order valence-electron chi connectivity index (χ2n) is 10.0. The summed E-state index contributed by atoms with van der Waals surface area (Å²) in [7, 11) is 0. The average Bonchev–Trinajstić information content (AvgIpc) is 3.31. The first kappa shape index (κ1) is 29.1. The van der Waals surface area contributed by atoms with Crippen molar-refractivity contribution in [2.45, 2.75) is 43.9 Å². The van der Waals surface area contributed by atoms with Crippen molar-refractivity contribution in [2.24, 2.45) is 0 Å². The topological polar surface area (TPSA) is 3.24 Å². The lowest BCUT2D eigenvalue weighted by molar-refractivity contribution is 0.622. The number of nitrogens with zero attached hydrogens (tertiary/aromatic N) is 1. The van der Waals surface area contributed by atoms with Crippen molar-refractivity contribution in [3.05, 3.63) is 132 Å². The summed E-state index contributed by atoms with van der Waals surface area (Å²) >= 11 is 10.8. The molecular formula is C32H33ClF2INP2+2. The van der Waals surface area contributed by atoms with E-state index >= 15 is 0 Å². The largest absolute Gasteiger partial charge is 0.284 e. The van der Waals surface area contributed by atoms with Crippen molar-refractivity contribution in [3.8, 4) is 0 Å². The molecule has 1 nitrogen and oxygen atoms in total. The van der Waals surface area contributed by atoms with Gasteiger partial charge in [-0.25, -0.2) is 8.78 Å². The zero-order valence-electron chi connectivity index (χ0n) is 21.9. The van der Waals surface area contributed by atoms with Gasteiger partial charge < -0.3 is 0 Å². The van der Waals surface area contributed by atoms with Gasteiger partial charge in [0, 0.05) is 12.1 Å². The molecule has 4 aromatic rings. The van der Waals surface area contributed by atoms with E-state index in [-0.39, 0.29) is 11.6 Å². The first-order chi connectivity index (χ1) is 18.9. The van der Waals surface area contributed by atoms with Crippen LogP contribution in [0, 0.1) is 11.6 Å². The Kier molecular flexibility index (Phi) is 9.41. The van der Waals surface area contributed by atoms with Crippen molar-refractivity contribution in [3.63, 3.8) is 0 Å². The third kappa shape index (κ3) is 5.70. The molecule has 0 aliphatic carbocycles. The molecule has 2 atom stereocenters. The Bertz CT molecular complexity index is 1300. The molecule has 0 spiro atoms. The molecule has 0 bridgehead atoms. The molecular weight excluding hydrogens is 661 g/mol. The molecule has 4 aromatic carbocycles. The highest BCUT2D eigenvalue weighted by atomic mass is 127. The average molecular weight is 694 g/mol. The molecule has 39 heavy (non-hydrogen) atoms. The number of unbranched alkanes of at least 4 members (excludes halogenated alkanes) is 1. The van der Waals surface area contributed by atoms with Gasteiger partial charge in [0.1, 0.15) is 44.8 Å². The lowest BCUT2D eigenvalue weighted by atomic mass is 10.0. The van der Waals surface area contributed by atoms with E-state index in [1.165, 1.54) is 23.3 Å². The van der Waals surface area contributed by atoms with E-state index in [2.05, 4.69) is 94.1 Å². The number of hydrogen-bond donors (Lipinski definition) is 0. The molecule has 1 heterocycles. The monoisotopic (exact) mass is 693 g/mol. The lowest BCUT2D eigenvalue weighted by Crippen LogP contribution is -2.35. The summed E-state index contributed by atoms with van der Waals surface area (Å²) < 4.78 is 32.3. The van der Waals surface area contributed by atoms with Crippen LogP contribution in [0.5, 0.6) is 0 Å². The highest BCUT2D eigenvalue weighted by Crippen LogP contribution is 2.97. The smallest absolute Gasteiger partial charge is 0.207 e. The summed E-state index contributed by atoms with van der Waals surface area (Å²) in [6, 6.07) is 34.9. The van der Waals surface area contributed by atoms with E-state index in [0.717, 1.165) is 42.8 Å². The van der Waals surface area contributed by atoms with E-state index in [4.69, 9.17) is 11.2 Å². The minimum Gasteiger partial charge on any atom is -0.207 e. The SMILES string of the molecule is CCCCN([P+](Cl)(c1cccc(F)c1)c1cccc(F)c1)[P+]1(I)[C@H](c2ccccc2)CC[C@H]1c1ccccc1. The second-order valence-corrected chi connectivity index (χ2v) is 22.1. The molecule has 202 valence electrons. The molecule has 1 saturated heterocycles. The molecule has 1 aliphatic heterocycles. The Labute approximate surface area is 250 Å². The zero-order chi connectivity index (χ0) is 27.5. The standard InChI is InChI=1S/C32H33ClF2INP2/c1-2-3-22-37(38(33,29-18-10-16-27(34)23-29)30-19-11-17-28(35)24-30)39(36)31(25-12-6-4-7-13-25)20-21-32(39)26-14-8-5-9-15-26/h4-19,23-24,31-32H,2-3,20-22H2,1H3/q+2/t31-,32-/m0/s1. The summed E-state index contributed by atoms with van der Waals surface area (Å²) in [5.41, 5.74) is 3.23. The first-order valence-electron chi connectivity index (χ1n) is 13.5. The quantitative estimate of drug-likeness (QED) is 0.125. The number of rotatable bonds is 9. The number of hydrogen-bond acceptors (Lipinski definition) is 1. The second kappa shape index (κ2) is 12.6. The van der Waals surface area contributed by atoms with Crippen LogP contribution < -0.4 is 10.6 Å². The fourth-order valence-electron chi connectivity index (χ4n) is 5.83. The molecule has 0 N–H and O–H groups in total. The predicted molar refractivity (Wildman–Crippen MR) is 175 cm³/mol. The highest BCUT2D eigenvalue weighted by Gasteiger charge is 2.71. The van der Waals surface area contributed by atoms with Gasteiger partial charge in [-0.05, 0) is 59.1 Å². The van der Waals surface area contributed by atoms with Crippen molar-refractivity contribution in [1.29, 1.82) is 0 Å². The number of halogens is 4. The van der Waals surface area contributed by atoms with Crippen LogP contribution in [0.15, 0.2) is 109 Å². The zero-order valence-corrected chi connectivity index (χ0v) is 26.6. The Morgan fingerprint density at radius 3 is 1.64 bits per heavy atom. The van der Waals surface area contributed by atoms with Gasteiger partial charge in [-0.15, -0.1) is 0 Å². The van der Waals surface area contributed by atoms with E-state index in [0.29, 0.717) is 11.3 Å². The van der Waals surface area contributed by atoms with Crippen molar-refractivity contribution in [2.75, 3.05) is 6.54 Å². The summed E-state index contributed by atoms with van der Waals surface area (Å²) in [4.78, 5) is 0. The summed E-state index contributed by atoms with van der Waals surface area (Å²) in [6.45, 7) is 0.0252. The van der Waals surface area contributed by atoms with Gasteiger partial charge in [0.15, 0.2) is 27.1 Å². The van der Waals surface area contributed by atoms with Crippen molar-refractivity contribution in [1.82, 2.24) is 4.44 Å². The van der Waals surface area contributed by atoms with Crippen LogP contribution in [0.2, 0.25) is 0 Å². The fraction of sp³-hybridized carbons (Fsp3) is 0.250. The molecule has 0 saturated carbocycles. The maximum Gasteiger partial charge on any atom is 0.284 e. The summed E-state index contributed by atoms with van der Waals surface area (Å²) in [5.74, 6) is -0.647. The molecule has 1 fully saturated rings. The highest BCUT2D eigenvalue weighted by molar-refractivity contribution is 14.2. The van der Waals surface area contributed by atoms with Gasteiger partial charge in [0.25, 0.3) is 6.77 Å². The van der Waals surface area contributed by atoms with Crippen LogP contribution in [-0.4, -0.2) is 11.0 Å². The van der Waals surface area contributed by atoms with Crippen LogP contribution in [0.4, 0.5) is 8.78 Å². The van der Waals surface area contributed by atoms with Crippen LogP contribution in [0.25, 0.3) is 0 Å². The van der Waals surface area contributed by atoms with Crippen LogP contribution in [0.1, 0.15) is 55.1 Å². The molecule has 0 unspecified atom stereocenters. The minimum atomic E-state index is -2.93. The van der Waals surface area contributed by atoms with E-state index in [9.17, 15) is 8.78 Å². The maximum absolute atomic E-state index is 14.8. The van der Waals surface area contributed by atoms with Gasteiger partial charge in [0.2, 0.25) is 0 Å². The fourth-order valence-corrected chi connectivity index (χ4v) is 24.6. The van der Waals surface area contributed by atoms with Gasteiger partial charge in [0.05, 0.1) is 6.54 Å². The van der Waals surface area contributed by atoms with Gasteiger partial charge in [-0.1, -0.05) is 86.1 Å². The molecule has 0 amide bonds. The van der Waals surface area contributed by atoms with Gasteiger partial charge in [-0.2, -0.15) is 0 Å². The first-order valence-corrected chi connectivity index (χ1v) is 20.8. The van der Waals surface area contributed by atoms with Gasteiger partial charge in [-0.3, -0.25) is 0 Å². The van der Waals surface area contributed by atoms with Crippen LogP contribution >= 0.6 is 45.1 Å². The Morgan fingerprint density at radius 2 is 1.23 bits per heavy atom. The lowest BCUT2D eigenvalue weighted by Gasteiger charge is -2.39. The third-order valence-electron chi connectivity index (χ3n) is 7.64. The van der Waals surface area contributed by atoms with E-state index < -0.39 is 11.8 Å². The molecule has 7 heteroatoms. The Hall–Kier alpha value is -1.42. The molecule has 0 radical (unpaired) electrons. The maximum atomic E-state index is 14.8. The Morgan fingerprint density at radius 1 is 0.769 bits per heavy atom. The van der Waals surface area contributed by atoms with E-state index in [1.54, 1.807) is 24.3 Å². The van der Waals surface area contributed by atoms with Crippen LogP contribution in [0.3, 0.4) is 0 Å². The minimum absolute atomic E-state index is 0.293. The Balaban J connectivity index is 1.79. The number of benzene rings is 4. The molecule has 5 rings (SSSR count). The predicted octanol–water partition coefficient (Wildman–Crippen LogP) is 10.7. The van der Waals surface area contributed by atoms with Crippen molar-refractivity contribution >= 4 is 55.7 Å². The van der Waals surface area contributed by atoms with E-state index in [1.807, 2.05) is 12.1 Å².